The Bertz CT molecular complexity index is 1360. The molecular formula is C23H15ClN4O2S. The lowest BCUT2D eigenvalue weighted by atomic mass is 10.0. The zero-order valence-corrected chi connectivity index (χ0v) is 17.6. The summed E-state index contributed by atoms with van der Waals surface area (Å²) in [4.78, 5) is 15.9. The molecule has 152 valence electrons. The first-order valence-corrected chi connectivity index (χ1v) is 10.3. The average Bonchev–Trinajstić information content (AvgIpc) is 3.28. The predicted octanol–water partition coefficient (Wildman–Crippen LogP) is 5.86. The second-order valence-electron chi connectivity index (χ2n) is 6.54. The summed E-state index contributed by atoms with van der Waals surface area (Å²) in [6.07, 6.45) is 1.49. The summed E-state index contributed by atoms with van der Waals surface area (Å²) in [5.41, 5.74) is 8.27. The number of nitrogens with zero attached hydrogens (tertiary/aromatic N) is 2. The van der Waals surface area contributed by atoms with Gasteiger partial charge in [-0.2, -0.15) is 5.26 Å². The second kappa shape index (κ2) is 8.48. The van der Waals surface area contributed by atoms with Gasteiger partial charge in [0.2, 0.25) is 5.91 Å². The Labute approximate surface area is 187 Å². The minimum absolute atomic E-state index is 0.174. The van der Waals surface area contributed by atoms with Crippen molar-refractivity contribution in [1.82, 2.24) is 4.98 Å². The molecule has 0 spiro atoms. The summed E-state index contributed by atoms with van der Waals surface area (Å²) in [6, 6.07) is 16.3. The SMILES string of the molecule is C=C(C(N)=O)c1ccc2ncc(C#N)c(Nc3ccc(Oc4cccs4)c(Cl)c3)c2c1. The van der Waals surface area contributed by atoms with Crippen molar-refractivity contribution in [3.8, 4) is 16.9 Å². The van der Waals surface area contributed by atoms with Gasteiger partial charge in [-0.3, -0.25) is 9.78 Å². The lowest BCUT2D eigenvalue weighted by molar-refractivity contribution is -0.112. The number of primary amides is 1. The Morgan fingerprint density at radius 2 is 2.10 bits per heavy atom. The zero-order valence-electron chi connectivity index (χ0n) is 16.1. The molecule has 2 aromatic carbocycles. The van der Waals surface area contributed by atoms with Gasteiger partial charge < -0.3 is 15.8 Å². The number of carbonyl (C=O) groups is 1. The van der Waals surface area contributed by atoms with Gasteiger partial charge in [-0.05, 0) is 53.4 Å². The molecule has 0 saturated carbocycles. The highest BCUT2D eigenvalue weighted by Crippen LogP contribution is 2.36. The molecule has 3 N–H and O–H groups in total. The van der Waals surface area contributed by atoms with Crippen LogP contribution in [0.25, 0.3) is 16.5 Å². The highest BCUT2D eigenvalue weighted by Gasteiger charge is 2.14. The van der Waals surface area contributed by atoms with Crippen molar-refractivity contribution in [3.05, 3.63) is 82.8 Å². The third-order valence-electron chi connectivity index (χ3n) is 4.54. The van der Waals surface area contributed by atoms with E-state index in [1.807, 2.05) is 17.5 Å². The molecule has 4 aromatic rings. The van der Waals surface area contributed by atoms with Crippen molar-refractivity contribution in [3.63, 3.8) is 0 Å². The van der Waals surface area contributed by atoms with Crippen LogP contribution in [0.3, 0.4) is 0 Å². The van der Waals surface area contributed by atoms with E-state index in [0.717, 1.165) is 5.06 Å². The Morgan fingerprint density at radius 1 is 1.26 bits per heavy atom. The van der Waals surface area contributed by atoms with Crippen LogP contribution in [0.2, 0.25) is 5.02 Å². The number of nitrogens with one attached hydrogen (secondary N) is 1. The summed E-state index contributed by atoms with van der Waals surface area (Å²) in [7, 11) is 0. The number of nitriles is 1. The standard InChI is InChI=1S/C23H15ClN4O2S/c1-13(23(26)29)14-4-6-19-17(9-14)22(15(11-25)12-27-19)28-16-5-7-20(18(24)10-16)30-21-3-2-8-31-21/h2-10,12H,1H2,(H2,26,29)(H,27,28). The lowest BCUT2D eigenvalue weighted by Crippen LogP contribution is -2.12. The average molecular weight is 447 g/mol. The third kappa shape index (κ3) is 4.21. The maximum atomic E-state index is 11.5. The molecule has 0 saturated heterocycles. The van der Waals surface area contributed by atoms with E-state index in [4.69, 9.17) is 22.1 Å². The van der Waals surface area contributed by atoms with Gasteiger partial charge in [0.1, 0.15) is 11.8 Å². The molecule has 8 heteroatoms. The Morgan fingerprint density at radius 3 is 2.77 bits per heavy atom. The number of anilines is 2. The Hall–Kier alpha value is -3.86. The number of pyridine rings is 1. The summed E-state index contributed by atoms with van der Waals surface area (Å²) < 4.78 is 5.78. The van der Waals surface area contributed by atoms with Crippen LogP contribution in [0.4, 0.5) is 11.4 Å². The van der Waals surface area contributed by atoms with E-state index in [0.29, 0.717) is 44.2 Å². The molecule has 2 heterocycles. The number of aromatic nitrogens is 1. The number of benzene rings is 2. The minimum atomic E-state index is -0.619. The summed E-state index contributed by atoms with van der Waals surface area (Å²) in [6.45, 7) is 3.73. The third-order valence-corrected chi connectivity index (χ3v) is 5.58. The number of amides is 1. The van der Waals surface area contributed by atoms with Crippen LogP contribution >= 0.6 is 22.9 Å². The summed E-state index contributed by atoms with van der Waals surface area (Å²) >= 11 is 7.87. The molecule has 0 aliphatic carbocycles. The number of halogens is 1. The predicted molar refractivity (Wildman–Crippen MR) is 124 cm³/mol. The number of ether oxygens (including phenoxy) is 1. The highest BCUT2D eigenvalue weighted by atomic mass is 35.5. The normalized spacial score (nSPS) is 10.5. The van der Waals surface area contributed by atoms with Crippen LogP contribution < -0.4 is 15.8 Å². The van der Waals surface area contributed by atoms with E-state index < -0.39 is 5.91 Å². The first-order valence-electron chi connectivity index (χ1n) is 9.06. The molecule has 0 fully saturated rings. The topological polar surface area (TPSA) is 101 Å². The largest absolute Gasteiger partial charge is 0.445 e. The van der Waals surface area contributed by atoms with Crippen LogP contribution in [-0.4, -0.2) is 10.9 Å². The van der Waals surface area contributed by atoms with Crippen molar-refractivity contribution in [2.45, 2.75) is 0 Å². The van der Waals surface area contributed by atoms with Crippen LogP contribution in [0.5, 0.6) is 10.8 Å². The van der Waals surface area contributed by atoms with Crippen molar-refractivity contribution >= 4 is 56.7 Å². The van der Waals surface area contributed by atoms with Gasteiger partial charge >= 0.3 is 0 Å². The number of thiophene rings is 1. The Balaban J connectivity index is 1.74. The van der Waals surface area contributed by atoms with E-state index >= 15 is 0 Å². The van der Waals surface area contributed by atoms with Crippen LogP contribution in [0.1, 0.15) is 11.1 Å². The van der Waals surface area contributed by atoms with E-state index in [9.17, 15) is 10.1 Å². The zero-order chi connectivity index (χ0) is 22.0. The van der Waals surface area contributed by atoms with Crippen molar-refractivity contribution < 1.29 is 9.53 Å². The number of hydrogen-bond acceptors (Lipinski definition) is 6. The van der Waals surface area contributed by atoms with Gasteiger partial charge in [-0.1, -0.05) is 24.2 Å². The second-order valence-corrected chi connectivity index (χ2v) is 7.86. The van der Waals surface area contributed by atoms with Gasteiger partial charge in [-0.25, -0.2) is 0 Å². The van der Waals surface area contributed by atoms with Gasteiger partial charge in [0.05, 0.1) is 21.8 Å². The van der Waals surface area contributed by atoms with Crippen molar-refractivity contribution in [2.24, 2.45) is 5.73 Å². The maximum Gasteiger partial charge on any atom is 0.248 e. The minimum Gasteiger partial charge on any atom is -0.445 e. The number of rotatable bonds is 6. The first-order chi connectivity index (χ1) is 15.0. The van der Waals surface area contributed by atoms with Crippen LogP contribution in [0.15, 0.2) is 66.7 Å². The van der Waals surface area contributed by atoms with E-state index in [1.165, 1.54) is 17.5 Å². The molecule has 0 atom stereocenters. The van der Waals surface area contributed by atoms with Crippen molar-refractivity contribution in [1.29, 1.82) is 5.26 Å². The summed E-state index contributed by atoms with van der Waals surface area (Å²) in [5, 5.41) is 16.6. The van der Waals surface area contributed by atoms with Gasteiger partial charge in [0, 0.05) is 22.8 Å². The molecule has 6 nitrogen and oxygen atoms in total. The number of nitrogens with two attached hydrogens (primary N) is 1. The van der Waals surface area contributed by atoms with Crippen molar-refractivity contribution in [2.75, 3.05) is 5.32 Å². The molecule has 2 aromatic heterocycles. The number of carbonyl (C=O) groups excluding carboxylic acids is 1. The quantitative estimate of drug-likeness (QED) is 0.361. The molecule has 0 aliphatic rings. The molecule has 0 aliphatic heterocycles. The highest BCUT2D eigenvalue weighted by molar-refractivity contribution is 7.11. The Kier molecular flexibility index (Phi) is 5.58. The van der Waals surface area contributed by atoms with Gasteiger partial charge in [0.25, 0.3) is 0 Å². The number of fused-ring (bicyclic) bond motifs is 1. The van der Waals surface area contributed by atoms with E-state index in [1.54, 1.807) is 36.4 Å². The molecule has 0 bridgehead atoms. The maximum absolute atomic E-state index is 11.5. The van der Waals surface area contributed by atoms with Crippen LogP contribution in [-0.2, 0) is 4.79 Å². The molecular weight excluding hydrogens is 432 g/mol. The molecule has 31 heavy (non-hydrogen) atoms. The fourth-order valence-corrected chi connectivity index (χ4v) is 3.78. The van der Waals surface area contributed by atoms with E-state index in [-0.39, 0.29) is 5.57 Å². The van der Waals surface area contributed by atoms with Crippen LogP contribution in [0, 0.1) is 11.3 Å². The van der Waals surface area contributed by atoms with Gasteiger partial charge in [0.15, 0.2) is 5.06 Å². The number of hydrogen-bond donors (Lipinski definition) is 2. The molecule has 1 amide bonds. The molecule has 4 rings (SSSR count). The fraction of sp³-hybridized carbons (Fsp3) is 0. The van der Waals surface area contributed by atoms with Gasteiger partial charge in [-0.15, -0.1) is 11.3 Å². The lowest BCUT2D eigenvalue weighted by Gasteiger charge is -2.14. The first kappa shape index (κ1) is 20.4. The monoisotopic (exact) mass is 446 g/mol. The smallest absolute Gasteiger partial charge is 0.248 e. The molecule has 0 unspecified atom stereocenters. The molecule has 0 radical (unpaired) electrons. The fourth-order valence-electron chi connectivity index (χ4n) is 2.98. The van der Waals surface area contributed by atoms with E-state index in [2.05, 4.69) is 22.9 Å². The summed E-state index contributed by atoms with van der Waals surface area (Å²) in [5.74, 6) is -0.0961.